The normalized spacial score (nSPS) is 12.8. The number of carbonyl (C=O) groups is 3. The fraction of sp³-hybridized carbons (Fsp3) is 0.716. The highest BCUT2D eigenvalue weighted by molar-refractivity contribution is 5.71. The van der Waals surface area contributed by atoms with Gasteiger partial charge in [-0.2, -0.15) is 0 Å². The molecule has 1 atom stereocenters. The van der Waals surface area contributed by atoms with Crippen molar-refractivity contribution in [2.75, 3.05) is 13.2 Å². The van der Waals surface area contributed by atoms with Crippen molar-refractivity contribution in [2.45, 2.75) is 329 Å². The second-order valence-corrected chi connectivity index (χ2v) is 22.3. The van der Waals surface area contributed by atoms with Gasteiger partial charge in [0.15, 0.2) is 6.10 Å². The first-order chi connectivity index (χ1) is 39.5. The molecule has 1 unspecified atom stereocenters. The number of hydrogen-bond donors (Lipinski definition) is 0. The molecule has 0 spiro atoms. The fourth-order valence-electron chi connectivity index (χ4n) is 9.41. The van der Waals surface area contributed by atoms with Gasteiger partial charge in [-0.1, -0.05) is 284 Å². The van der Waals surface area contributed by atoms with E-state index in [1.165, 1.54) is 154 Å². The highest BCUT2D eigenvalue weighted by Crippen LogP contribution is 2.16. The quantitative estimate of drug-likeness (QED) is 0.0261. The van der Waals surface area contributed by atoms with Crippen LogP contribution in [-0.4, -0.2) is 37.2 Å². The molecule has 0 aliphatic heterocycles. The minimum Gasteiger partial charge on any atom is -0.462 e. The predicted octanol–water partition coefficient (Wildman–Crippen LogP) is 23.4. The van der Waals surface area contributed by atoms with Gasteiger partial charge in [0.1, 0.15) is 13.2 Å². The molecule has 0 saturated heterocycles. The highest BCUT2D eigenvalue weighted by Gasteiger charge is 2.19. The Bertz CT molecular complexity index is 1610. The number of rotatable bonds is 61. The molecule has 0 aromatic carbocycles. The van der Waals surface area contributed by atoms with E-state index in [0.29, 0.717) is 19.3 Å². The molecule has 458 valence electrons. The van der Waals surface area contributed by atoms with Gasteiger partial charge in [0.2, 0.25) is 0 Å². The smallest absolute Gasteiger partial charge is 0.306 e. The summed E-state index contributed by atoms with van der Waals surface area (Å²) in [5.41, 5.74) is 0. The molecule has 0 saturated carbocycles. The van der Waals surface area contributed by atoms with Crippen LogP contribution >= 0.6 is 0 Å². The maximum absolute atomic E-state index is 12.9. The average molecular weight is 1110 g/mol. The molecule has 0 N–H and O–H groups in total. The van der Waals surface area contributed by atoms with E-state index < -0.39 is 6.10 Å². The van der Waals surface area contributed by atoms with Crippen molar-refractivity contribution < 1.29 is 28.6 Å². The SMILES string of the molecule is CC/C=C\C/C=C\C/C=C\C/C=C\C/C=C\CCCCCCCC(=O)OC(COC(=O)CCCCCCCCC/C=C\C/C=C\CCCCCC)COC(=O)CCCCCCCCCCCCC/C=C\C/C=C\CCCCCCC. The summed E-state index contributed by atoms with van der Waals surface area (Å²) in [6, 6.07) is 0. The van der Waals surface area contributed by atoms with E-state index >= 15 is 0 Å². The number of ether oxygens (including phenoxy) is 3. The molecule has 0 aromatic heterocycles. The number of hydrogen-bond acceptors (Lipinski definition) is 6. The van der Waals surface area contributed by atoms with Crippen molar-refractivity contribution in [3.63, 3.8) is 0 Å². The van der Waals surface area contributed by atoms with Crippen LogP contribution in [0.3, 0.4) is 0 Å². The van der Waals surface area contributed by atoms with E-state index in [1.54, 1.807) is 0 Å². The number of unbranched alkanes of at least 4 members (excludes halogenated alkanes) is 32. The fourth-order valence-corrected chi connectivity index (χ4v) is 9.41. The predicted molar refractivity (Wildman–Crippen MR) is 348 cm³/mol. The summed E-state index contributed by atoms with van der Waals surface area (Å²) in [7, 11) is 0. The van der Waals surface area contributed by atoms with Crippen molar-refractivity contribution in [1.82, 2.24) is 0 Å². The van der Waals surface area contributed by atoms with Crippen molar-refractivity contribution in [3.8, 4) is 0 Å². The van der Waals surface area contributed by atoms with E-state index in [4.69, 9.17) is 14.2 Å². The Kier molecular flexibility index (Phi) is 64.3. The maximum Gasteiger partial charge on any atom is 0.306 e. The first-order valence-corrected chi connectivity index (χ1v) is 33.9. The van der Waals surface area contributed by atoms with Gasteiger partial charge in [-0.05, 0) is 128 Å². The van der Waals surface area contributed by atoms with Crippen LogP contribution in [0.25, 0.3) is 0 Å². The lowest BCUT2D eigenvalue weighted by atomic mass is 10.0. The van der Waals surface area contributed by atoms with E-state index in [9.17, 15) is 14.4 Å². The van der Waals surface area contributed by atoms with Crippen LogP contribution in [0.4, 0.5) is 0 Å². The van der Waals surface area contributed by atoms with E-state index in [2.05, 4.69) is 130 Å². The Morgan fingerprint density at radius 3 is 0.775 bits per heavy atom. The molecular formula is C74H126O6. The Hall–Kier alpha value is -3.93. The van der Waals surface area contributed by atoms with E-state index in [1.807, 2.05) is 0 Å². The van der Waals surface area contributed by atoms with Crippen molar-refractivity contribution >= 4 is 17.9 Å². The Balaban J connectivity index is 4.43. The molecule has 0 aromatic rings. The molecule has 0 bridgehead atoms. The van der Waals surface area contributed by atoms with Crippen molar-refractivity contribution in [1.29, 1.82) is 0 Å². The zero-order valence-electron chi connectivity index (χ0n) is 52.6. The van der Waals surface area contributed by atoms with Gasteiger partial charge in [0, 0.05) is 19.3 Å². The summed E-state index contributed by atoms with van der Waals surface area (Å²) in [6.07, 6.45) is 92.3. The molecule has 0 amide bonds. The van der Waals surface area contributed by atoms with E-state index in [0.717, 1.165) is 128 Å². The van der Waals surface area contributed by atoms with E-state index in [-0.39, 0.29) is 31.1 Å². The van der Waals surface area contributed by atoms with Crippen LogP contribution in [0.15, 0.2) is 109 Å². The first kappa shape index (κ1) is 76.1. The third kappa shape index (κ3) is 64.9. The molecule has 0 radical (unpaired) electrons. The maximum atomic E-state index is 12.9. The summed E-state index contributed by atoms with van der Waals surface area (Å²) >= 11 is 0. The summed E-state index contributed by atoms with van der Waals surface area (Å²) < 4.78 is 17.0. The zero-order valence-corrected chi connectivity index (χ0v) is 52.6. The monoisotopic (exact) mass is 1110 g/mol. The lowest BCUT2D eigenvalue weighted by molar-refractivity contribution is -0.167. The largest absolute Gasteiger partial charge is 0.462 e. The van der Waals surface area contributed by atoms with Crippen LogP contribution in [0, 0.1) is 0 Å². The summed E-state index contributed by atoms with van der Waals surface area (Å²) in [4.78, 5) is 38.4. The minimum absolute atomic E-state index is 0.0899. The Labute approximate surface area is 495 Å². The standard InChI is InChI=1S/C74H126O6/c1-4-7-10-13-16-19-22-25-28-31-34-36-37-39-40-43-46-49-52-55-58-61-64-67-73(76)79-70-71(69-78-72(75)66-63-60-57-54-51-48-45-42-33-30-27-24-21-18-15-12-9-6-3)80-74(77)68-65-62-59-56-53-50-47-44-41-38-35-32-29-26-23-20-17-14-11-8-5-2/h8,11,17,20-22,24-26,29-31,33-35,38,44,47,71H,4-7,9-10,12-16,18-19,23,27-28,32,36-37,39-43,45-46,48-70H2,1-3H3/b11-8-,20-17-,24-21-,25-22-,29-26-,33-30-,34-31-,38-35-,47-44-. The third-order valence-electron chi connectivity index (χ3n) is 14.5. The second kappa shape index (κ2) is 67.6. The Morgan fingerprint density at radius 1 is 0.263 bits per heavy atom. The minimum atomic E-state index is -0.797. The van der Waals surface area contributed by atoms with Crippen LogP contribution < -0.4 is 0 Å². The topological polar surface area (TPSA) is 78.9 Å². The van der Waals surface area contributed by atoms with Gasteiger partial charge in [-0.3, -0.25) is 14.4 Å². The van der Waals surface area contributed by atoms with Gasteiger partial charge < -0.3 is 14.2 Å². The van der Waals surface area contributed by atoms with Crippen LogP contribution in [0.5, 0.6) is 0 Å². The molecule has 6 heteroatoms. The summed E-state index contributed by atoms with van der Waals surface area (Å²) in [6.45, 7) is 6.51. The molecule has 0 aliphatic rings. The second-order valence-electron chi connectivity index (χ2n) is 22.3. The van der Waals surface area contributed by atoms with Crippen LogP contribution in [0.1, 0.15) is 323 Å². The van der Waals surface area contributed by atoms with Crippen LogP contribution in [0.2, 0.25) is 0 Å². The lowest BCUT2D eigenvalue weighted by Crippen LogP contribution is -2.30. The van der Waals surface area contributed by atoms with Gasteiger partial charge in [0.05, 0.1) is 0 Å². The van der Waals surface area contributed by atoms with Gasteiger partial charge in [-0.25, -0.2) is 0 Å². The number of esters is 3. The third-order valence-corrected chi connectivity index (χ3v) is 14.5. The van der Waals surface area contributed by atoms with Gasteiger partial charge in [0.25, 0.3) is 0 Å². The lowest BCUT2D eigenvalue weighted by Gasteiger charge is -2.18. The van der Waals surface area contributed by atoms with Gasteiger partial charge >= 0.3 is 17.9 Å². The molecule has 6 nitrogen and oxygen atoms in total. The number of carbonyl (C=O) groups excluding carboxylic acids is 3. The van der Waals surface area contributed by atoms with Crippen molar-refractivity contribution in [2.24, 2.45) is 0 Å². The molecule has 80 heavy (non-hydrogen) atoms. The molecule has 0 heterocycles. The molecule has 0 fully saturated rings. The number of allylic oxidation sites excluding steroid dienone is 18. The highest BCUT2D eigenvalue weighted by atomic mass is 16.6. The molecular weight excluding hydrogens is 985 g/mol. The van der Waals surface area contributed by atoms with Crippen molar-refractivity contribution in [3.05, 3.63) is 109 Å². The molecule has 0 aliphatic carbocycles. The molecule has 0 rings (SSSR count). The summed E-state index contributed by atoms with van der Waals surface area (Å²) in [5.74, 6) is -0.908. The summed E-state index contributed by atoms with van der Waals surface area (Å²) in [5, 5.41) is 0. The van der Waals surface area contributed by atoms with Gasteiger partial charge in [-0.15, -0.1) is 0 Å². The first-order valence-electron chi connectivity index (χ1n) is 33.9. The Morgan fingerprint density at radius 2 is 0.487 bits per heavy atom. The zero-order chi connectivity index (χ0) is 57.8. The average Bonchev–Trinajstić information content (AvgIpc) is 3.46. The van der Waals surface area contributed by atoms with Crippen LogP contribution in [-0.2, 0) is 28.6 Å².